The van der Waals surface area contributed by atoms with Gasteiger partial charge in [-0.3, -0.25) is 14.4 Å². The second kappa shape index (κ2) is 8.57. The summed E-state index contributed by atoms with van der Waals surface area (Å²) in [4.78, 5) is 46.7. The van der Waals surface area contributed by atoms with E-state index < -0.39 is 27.4 Å². The molecule has 8 heteroatoms. The number of hydrogen-bond acceptors (Lipinski definition) is 5. The average Bonchev–Trinajstić information content (AvgIpc) is 3.10. The van der Waals surface area contributed by atoms with E-state index in [9.17, 15) is 19.5 Å². The highest BCUT2D eigenvalue weighted by Crippen LogP contribution is 2.65. The molecule has 2 saturated heterocycles. The van der Waals surface area contributed by atoms with Crippen LogP contribution in [-0.2, 0) is 20.9 Å². The maximum atomic E-state index is 14.1. The van der Waals surface area contributed by atoms with Crippen LogP contribution in [0.25, 0.3) is 0 Å². The third-order valence-electron chi connectivity index (χ3n) is 7.62. The molecule has 1 spiro atoms. The highest BCUT2D eigenvalue weighted by molar-refractivity contribution is 8.02. The second-order valence-electron chi connectivity index (χ2n) is 9.83. The predicted octanol–water partition coefficient (Wildman–Crippen LogP) is 1.68. The van der Waals surface area contributed by atoms with Crippen molar-refractivity contribution in [2.45, 2.75) is 35.4 Å². The Morgan fingerprint density at radius 2 is 1.74 bits per heavy atom. The van der Waals surface area contributed by atoms with Crippen molar-refractivity contribution in [1.29, 1.82) is 0 Å². The highest BCUT2D eigenvalue weighted by Gasteiger charge is 2.73. The number of aliphatic hydroxyl groups excluding tert-OH is 1. The standard InChI is InChI=1S/C26H31N3O4S/c1-25-11-6-13-27(2)22(31)19(25)20-23(32)29(15-8-16-30)21-24(33)28(14-7-12-26(20,21)34-25)17-18-9-4-3-5-10-18/h3-7,9-12,19-21,30H,8,13-17H2,1-2H3/t19-,20-,21?,25+,26-/m0/s1. The Bertz CT molecular complexity index is 1060. The summed E-state index contributed by atoms with van der Waals surface area (Å²) >= 11 is 1.59. The van der Waals surface area contributed by atoms with Crippen molar-refractivity contribution in [3.8, 4) is 0 Å². The molecule has 4 aliphatic heterocycles. The summed E-state index contributed by atoms with van der Waals surface area (Å²) in [5.41, 5.74) is 1.03. The van der Waals surface area contributed by atoms with Crippen molar-refractivity contribution in [1.82, 2.24) is 14.7 Å². The van der Waals surface area contributed by atoms with E-state index in [0.717, 1.165) is 5.56 Å². The van der Waals surface area contributed by atoms with Gasteiger partial charge in [0.2, 0.25) is 17.7 Å². The van der Waals surface area contributed by atoms with Crippen molar-refractivity contribution >= 4 is 29.5 Å². The lowest BCUT2D eigenvalue weighted by atomic mass is 9.74. The van der Waals surface area contributed by atoms with Gasteiger partial charge in [-0.1, -0.05) is 54.6 Å². The van der Waals surface area contributed by atoms with E-state index in [0.29, 0.717) is 32.6 Å². The average molecular weight is 482 g/mol. The fourth-order valence-corrected chi connectivity index (χ4v) is 8.27. The Kier molecular flexibility index (Phi) is 5.84. The lowest BCUT2D eigenvalue weighted by Gasteiger charge is -2.36. The van der Waals surface area contributed by atoms with Crippen molar-refractivity contribution < 1.29 is 19.5 Å². The first kappa shape index (κ1) is 23.2. The van der Waals surface area contributed by atoms with Crippen LogP contribution in [0.3, 0.4) is 0 Å². The molecule has 1 aromatic rings. The maximum Gasteiger partial charge on any atom is 0.247 e. The van der Waals surface area contributed by atoms with Crippen molar-refractivity contribution in [2.24, 2.45) is 11.8 Å². The van der Waals surface area contributed by atoms with Crippen LogP contribution in [0.1, 0.15) is 18.9 Å². The topological polar surface area (TPSA) is 81.2 Å². The van der Waals surface area contributed by atoms with E-state index in [4.69, 9.17) is 0 Å². The Hall–Kier alpha value is -2.58. The number of likely N-dealkylation sites (N-methyl/N-ethyl adjacent to an activating group) is 1. The van der Waals surface area contributed by atoms with Gasteiger partial charge >= 0.3 is 0 Å². The Morgan fingerprint density at radius 3 is 2.47 bits per heavy atom. The molecule has 4 heterocycles. The molecular weight excluding hydrogens is 450 g/mol. The number of benzene rings is 1. The fraction of sp³-hybridized carbons (Fsp3) is 0.500. The zero-order valence-electron chi connectivity index (χ0n) is 19.6. The molecule has 34 heavy (non-hydrogen) atoms. The molecule has 4 aliphatic rings. The number of amides is 3. The third kappa shape index (κ3) is 3.41. The van der Waals surface area contributed by atoms with Crippen LogP contribution in [0.15, 0.2) is 54.6 Å². The van der Waals surface area contributed by atoms with Gasteiger partial charge in [-0.2, -0.15) is 0 Å². The molecule has 1 aromatic carbocycles. The molecule has 1 N–H and O–H groups in total. The summed E-state index contributed by atoms with van der Waals surface area (Å²) in [6, 6.07) is 9.13. The molecular formula is C26H31N3O4S. The van der Waals surface area contributed by atoms with Crippen LogP contribution in [0.5, 0.6) is 0 Å². The molecule has 2 fully saturated rings. The lowest BCUT2D eigenvalue weighted by Crippen LogP contribution is -2.53. The number of carbonyl (C=O) groups is 3. The van der Waals surface area contributed by atoms with Gasteiger partial charge in [-0.05, 0) is 18.9 Å². The smallest absolute Gasteiger partial charge is 0.247 e. The van der Waals surface area contributed by atoms with Gasteiger partial charge in [0.25, 0.3) is 0 Å². The van der Waals surface area contributed by atoms with E-state index in [1.807, 2.05) is 55.5 Å². The number of hydrogen-bond donors (Lipinski definition) is 1. The summed E-state index contributed by atoms with van der Waals surface area (Å²) in [6.07, 6.45) is 8.48. The van der Waals surface area contributed by atoms with E-state index in [-0.39, 0.29) is 24.3 Å². The summed E-state index contributed by atoms with van der Waals surface area (Å²) in [5.74, 6) is -1.48. The molecule has 0 bridgehead atoms. The summed E-state index contributed by atoms with van der Waals surface area (Å²) in [6.45, 7) is 3.67. The first-order valence-corrected chi connectivity index (χ1v) is 12.7. The van der Waals surface area contributed by atoms with Crippen molar-refractivity contribution in [2.75, 3.05) is 33.3 Å². The molecule has 180 valence electrons. The van der Waals surface area contributed by atoms with Gasteiger partial charge in [0.05, 0.1) is 16.6 Å². The van der Waals surface area contributed by atoms with Crippen molar-refractivity contribution in [3.63, 3.8) is 0 Å². The third-order valence-corrected chi connectivity index (χ3v) is 9.41. The minimum absolute atomic E-state index is 0.0516. The van der Waals surface area contributed by atoms with E-state index in [2.05, 4.69) is 6.08 Å². The molecule has 0 aliphatic carbocycles. The quantitative estimate of drug-likeness (QED) is 0.648. The minimum atomic E-state index is -0.827. The maximum absolute atomic E-state index is 14.1. The fourth-order valence-electron chi connectivity index (χ4n) is 6.12. The van der Waals surface area contributed by atoms with Crippen LogP contribution < -0.4 is 0 Å². The zero-order valence-corrected chi connectivity index (χ0v) is 20.4. The summed E-state index contributed by atoms with van der Waals surface area (Å²) < 4.78 is -1.41. The van der Waals surface area contributed by atoms with Gasteiger partial charge in [0.15, 0.2) is 0 Å². The van der Waals surface area contributed by atoms with Crippen molar-refractivity contribution in [3.05, 3.63) is 60.2 Å². The normalized spacial score (nSPS) is 34.7. The number of nitrogens with zero attached hydrogens (tertiary/aromatic N) is 3. The first-order chi connectivity index (χ1) is 16.3. The molecule has 0 radical (unpaired) electrons. The molecule has 1 unspecified atom stereocenters. The van der Waals surface area contributed by atoms with Gasteiger partial charge in [-0.15, -0.1) is 11.8 Å². The highest BCUT2D eigenvalue weighted by atomic mass is 32.2. The number of rotatable bonds is 5. The van der Waals surface area contributed by atoms with Crippen LogP contribution in [0, 0.1) is 11.8 Å². The van der Waals surface area contributed by atoms with E-state index >= 15 is 0 Å². The monoisotopic (exact) mass is 481 g/mol. The SMILES string of the molecule is CN1CC=C[C@@]2(C)S[C@]34C=CCN(Cc5ccccc5)C(=O)C3N(CCCO)C(=O)[C@@H]4[C@H]2C1=O. The second-order valence-corrected chi connectivity index (χ2v) is 11.6. The van der Waals surface area contributed by atoms with Crippen LogP contribution in [0.2, 0.25) is 0 Å². The number of likely N-dealkylation sites (tertiary alicyclic amines) is 1. The molecule has 7 nitrogen and oxygen atoms in total. The van der Waals surface area contributed by atoms with Gasteiger partial charge in [0.1, 0.15) is 6.04 Å². The molecule has 3 amide bonds. The zero-order chi connectivity index (χ0) is 24.1. The van der Waals surface area contributed by atoms with Crippen LogP contribution in [0.4, 0.5) is 0 Å². The van der Waals surface area contributed by atoms with Gasteiger partial charge in [-0.25, -0.2) is 0 Å². The Labute approximate surface area is 204 Å². The van der Waals surface area contributed by atoms with Crippen LogP contribution >= 0.6 is 11.8 Å². The summed E-state index contributed by atoms with van der Waals surface area (Å²) in [7, 11) is 1.77. The number of fused-ring (bicyclic) bond motifs is 2. The van der Waals surface area contributed by atoms with E-state index in [1.165, 1.54) is 0 Å². The predicted molar refractivity (Wildman–Crippen MR) is 131 cm³/mol. The Morgan fingerprint density at radius 1 is 1.00 bits per heavy atom. The van der Waals surface area contributed by atoms with Gasteiger partial charge < -0.3 is 19.8 Å². The molecule has 0 aromatic heterocycles. The molecule has 5 rings (SSSR count). The minimum Gasteiger partial charge on any atom is -0.396 e. The number of thioether (sulfide) groups is 1. The number of carbonyl (C=O) groups excluding carboxylic acids is 3. The largest absolute Gasteiger partial charge is 0.396 e. The first-order valence-electron chi connectivity index (χ1n) is 11.9. The van der Waals surface area contributed by atoms with E-state index in [1.54, 1.807) is 33.5 Å². The molecule has 5 atom stereocenters. The number of aliphatic hydroxyl groups is 1. The molecule has 0 saturated carbocycles. The Balaban J connectivity index is 1.59. The van der Waals surface area contributed by atoms with Crippen LogP contribution in [-0.4, -0.2) is 86.4 Å². The summed E-state index contributed by atoms with van der Waals surface area (Å²) in [5, 5.41) is 9.50. The lowest BCUT2D eigenvalue weighted by molar-refractivity contribution is -0.144. The van der Waals surface area contributed by atoms with Gasteiger partial charge in [0, 0.05) is 44.6 Å².